The second-order valence-corrected chi connectivity index (χ2v) is 7.24. The Morgan fingerprint density at radius 1 is 1.17 bits per heavy atom. The Balaban J connectivity index is 1.81. The van der Waals surface area contributed by atoms with Crippen molar-refractivity contribution in [1.82, 2.24) is 4.90 Å². The topological polar surface area (TPSA) is 41.9 Å². The molecule has 0 N–H and O–H groups in total. The van der Waals surface area contributed by atoms with Crippen LogP contribution in [0.5, 0.6) is 0 Å². The van der Waals surface area contributed by atoms with Gasteiger partial charge in [0.2, 0.25) is 0 Å². The monoisotopic (exact) mass is 316 g/mol. The maximum absolute atomic E-state index is 12.1. The molecule has 0 bridgehead atoms. The van der Waals surface area contributed by atoms with E-state index in [2.05, 4.69) is 12.1 Å². The molecule has 0 aromatic heterocycles. The maximum Gasteiger partial charge on any atom is 0.410 e. The second-order valence-electron chi connectivity index (χ2n) is 7.24. The van der Waals surface area contributed by atoms with Crippen molar-refractivity contribution < 1.29 is 9.53 Å². The minimum atomic E-state index is -0.442. The van der Waals surface area contributed by atoms with Gasteiger partial charge in [0, 0.05) is 19.3 Å². The summed E-state index contributed by atoms with van der Waals surface area (Å²) in [6.45, 7) is 5.69. The highest BCUT2D eigenvalue weighted by Crippen LogP contribution is 2.25. The Hall–Kier alpha value is -1.84. The van der Waals surface area contributed by atoms with Crippen LogP contribution in [0.25, 0.3) is 0 Å². The minimum absolute atomic E-state index is 0.228. The van der Waals surface area contributed by atoms with Crippen LogP contribution < -0.4 is 0 Å². The molecule has 0 unspecified atom stereocenters. The van der Waals surface area contributed by atoms with Crippen LogP contribution in [0.4, 0.5) is 4.79 Å². The lowest BCUT2D eigenvalue weighted by Crippen LogP contribution is -2.42. The molecule has 1 aliphatic carbocycles. The lowest BCUT2D eigenvalue weighted by Gasteiger charge is -2.34. The van der Waals surface area contributed by atoms with Gasteiger partial charge in [0.05, 0.1) is 6.04 Å². The lowest BCUT2D eigenvalue weighted by molar-refractivity contribution is 0.0184. The molecule has 2 rings (SSSR count). The van der Waals surface area contributed by atoms with E-state index in [1.807, 2.05) is 52.2 Å². The zero-order valence-electron chi connectivity index (χ0n) is 14.7. The Kier molecular flexibility index (Phi) is 5.80. The molecule has 1 aliphatic rings. The molecule has 1 aromatic rings. The molecule has 4 heteroatoms. The molecule has 1 amide bonds. The van der Waals surface area contributed by atoms with E-state index in [1.165, 1.54) is 0 Å². The first-order valence-corrected chi connectivity index (χ1v) is 8.39. The van der Waals surface area contributed by atoms with Crippen molar-refractivity contribution in [1.29, 1.82) is 0 Å². The zero-order chi connectivity index (χ0) is 16.9. The van der Waals surface area contributed by atoms with Gasteiger partial charge < -0.3 is 9.64 Å². The standard InChI is InChI=1S/C19H28N2O2/c1-19(2,3)23-18(22)21(4)17-12-10-16(11-13-17)20-14-15-8-6-5-7-9-15/h5-9,14,16-17H,10-13H2,1-4H3/b20-14+. The van der Waals surface area contributed by atoms with E-state index in [4.69, 9.17) is 9.73 Å². The highest BCUT2D eigenvalue weighted by Gasteiger charge is 2.28. The summed E-state index contributed by atoms with van der Waals surface area (Å²) in [5.41, 5.74) is 0.697. The number of rotatable bonds is 3. The average molecular weight is 316 g/mol. The van der Waals surface area contributed by atoms with Gasteiger partial charge in [-0.25, -0.2) is 4.79 Å². The van der Waals surface area contributed by atoms with Gasteiger partial charge in [-0.05, 0) is 52.0 Å². The molecule has 23 heavy (non-hydrogen) atoms. The predicted molar refractivity (Wildman–Crippen MR) is 94.1 cm³/mol. The van der Waals surface area contributed by atoms with Crippen molar-refractivity contribution in [2.24, 2.45) is 4.99 Å². The number of nitrogens with zero attached hydrogens (tertiary/aromatic N) is 2. The van der Waals surface area contributed by atoms with Crippen molar-refractivity contribution in [2.45, 2.75) is 64.1 Å². The van der Waals surface area contributed by atoms with E-state index in [-0.39, 0.29) is 12.1 Å². The summed E-state index contributed by atoms with van der Waals surface area (Å²) < 4.78 is 5.44. The quantitative estimate of drug-likeness (QED) is 0.781. The molecule has 0 saturated heterocycles. The first-order chi connectivity index (χ1) is 10.8. The number of carbonyl (C=O) groups excluding carboxylic acids is 1. The smallest absolute Gasteiger partial charge is 0.410 e. The highest BCUT2D eigenvalue weighted by molar-refractivity contribution is 5.79. The van der Waals surface area contributed by atoms with Crippen molar-refractivity contribution in [3.63, 3.8) is 0 Å². The number of ether oxygens (including phenoxy) is 1. The first-order valence-electron chi connectivity index (χ1n) is 8.39. The van der Waals surface area contributed by atoms with E-state index in [0.717, 1.165) is 31.2 Å². The normalized spacial score (nSPS) is 22.1. The molecular formula is C19H28N2O2. The van der Waals surface area contributed by atoms with Crippen LogP contribution in [-0.2, 0) is 4.74 Å². The van der Waals surface area contributed by atoms with Crippen LogP contribution in [0.15, 0.2) is 35.3 Å². The molecule has 0 spiro atoms. The summed E-state index contributed by atoms with van der Waals surface area (Å²) in [5.74, 6) is 0. The number of hydrogen-bond acceptors (Lipinski definition) is 3. The third-order valence-corrected chi connectivity index (χ3v) is 4.13. The summed E-state index contributed by atoms with van der Waals surface area (Å²) in [5, 5.41) is 0. The van der Waals surface area contributed by atoms with E-state index in [1.54, 1.807) is 4.90 Å². The largest absolute Gasteiger partial charge is 0.444 e. The molecular weight excluding hydrogens is 288 g/mol. The van der Waals surface area contributed by atoms with Gasteiger partial charge in [-0.15, -0.1) is 0 Å². The zero-order valence-corrected chi connectivity index (χ0v) is 14.7. The van der Waals surface area contributed by atoms with Crippen molar-refractivity contribution >= 4 is 12.3 Å². The third kappa shape index (κ3) is 5.70. The Labute approximate surface area is 139 Å². The summed E-state index contributed by atoms with van der Waals surface area (Å²) in [6, 6.07) is 10.8. The Morgan fingerprint density at radius 3 is 2.35 bits per heavy atom. The van der Waals surface area contributed by atoms with Gasteiger partial charge in [-0.3, -0.25) is 4.99 Å². The molecule has 126 valence electrons. The van der Waals surface area contributed by atoms with Crippen LogP contribution in [0.1, 0.15) is 52.0 Å². The van der Waals surface area contributed by atoms with E-state index in [0.29, 0.717) is 6.04 Å². The van der Waals surface area contributed by atoms with Crippen LogP contribution in [0.3, 0.4) is 0 Å². The number of amides is 1. The molecule has 0 radical (unpaired) electrons. The van der Waals surface area contributed by atoms with Crippen LogP contribution in [0.2, 0.25) is 0 Å². The molecule has 1 fully saturated rings. The van der Waals surface area contributed by atoms with E-state index < -0.39 is 5.60 Å². The average Bonchev–Trinajstić information content (AvgIpc) is 2.52. The first kappa shape index (κ1) is 17.5. The second kappa shape index (κ2) is 7.62. The number of aliphatic imine (C=N–C) groups is 1. The van der Waals surface area contributed by atoms with Crippen molar-refractivity contribution in [2.75, 3.05) is 7.05 Å². The van der Waals surface area contributed by atoms with Crippen molar-refractivity contribution in [3.8, 4) is 0 Å². The third-order valence-electron chi connectivity index (χ3n) is 4.13. The van der Waals surface area contributed by atoms with Crippen LogP contribution in [0, 0.1) is 0 Å². The van der Waals surface area contributed by atoms with Gasteiger partial charge in [0.25, 0.3) is 0 Å². The van der Waals surface area contributed by atoms with Gasteiger partial charge in [0.1, 0.15) is 5.60 Å². The summed E-state index contributed by atoms with van der Waals surface area (Å²) >= 11 is 0. The van der Waals surface area contributed by atoms with Gasteiger partial charge in [0.15, 0.2) is 0 Å². The van der Waals surface area contributed by atoms with Crippen LogP contribution >= 0.6 is 0 Å². The van der Waals surface area contributed by atoms with Gasteiger partial charge >= 0.3 is 6.09 Å². The van der Waals surface area contributed by atoms with Gasteiger partial charge in [-0.2, -0.15) is 0 Å². The van der Waals surface area contributed by atoms with Crippen LogP contribution in [-0.4, -0.2) is 41.9 Å². The maximum atomic E-state index is 12.1. The Bertz CT molecular complexity index is 526. The molecule has 0 aliphatic heterocycles. The highest BCUT2D eigenvalue weighted by atomic mass is 16.6. The fourth-order valence-electron chi connectivity index (χ4n) is 2.81. The number of hydrogen-bond donors (Lipinski definition) is 0. The molecule has 1 aromatic carbocycles. The molecule has 4 nitrogen and oxygen atoms in total. The Morgan fingerprint density at radius 2 is 1.78 bits per heavy atom. The van der Waals surface area contributed by atoms with Crippen molar-refractivity contribution in [3.05, 3.63) is 35.9 Å². The molecule has 0 atom stereocenters. The summed E-state index contributed by atoms with van der Waals surface area (Å²) in [7, 11) is 1.84. The lowest BCUT2D eigenvalue weighted by atomic mass is 9.91. The number of benzene rings is 1. The van der Waals surface area contributed by atoms with E-state index in [9.17, 15) is 4.79 Å². The SMILES string of the molecule is CN(C(=O)OC(C)(C)C)C1CCC(/N=C/c2ccccc2)CC1. The minimum Gasteiger partial charge on any atom is -0.444 e. The fraction of sp³-hybridized carbons (Fsp3) is 0.579. The summed E-state index contributed by atoms with van der Waals surface area (Å²) in [4.78, 5) is 18.6. The fourth-order valence-corrected chi connectivity index (χ4v) is 2.81. The number of carbonyl (C=O) groups is 1. The predicted octanol–water partition coefficient (Wildman–Crippen LogP) is 4.28. The van der Waals surface area contributed by atoms with Gasteiger partial charge in [-0.1, -0.05) is 30.3 Å². The summed E-state index contributed by atoms with van der Waals surface area (Å²) in [6.07, 6.45) is 5.72. The molecule has 0 heterocycles. The molecule has 1 saturated carbocycles. The van der Waals surface area contributed by atoms with E-state index >= 15 is 0 Å².